The van der Waals surface area contributed by atoms with Crippen LogP contribution in [0.25, 0.3) is 0 Å². The highest BCUT2D eigenvalue weighted by Crippen LogP contribution is 2.35. The number of amides is 1. The van der Waals surface area contributed by atoms with E-state index in [1.807, 2.05) is 12.1 Å². The van der Waals surface area contributed by atoms with E-state index in [1.54, 1.807) is 7.11 Å². The van der Waals surface area contributed by atoms with E-state index in [9.17, 15) is 4.79 Å². The number of carbonyl (C=O) groups is 1. The minimum atomic E-state index is -0.0435. The Morgan fingerprint density at radius 2 is 1.89 bits per heavy atom. The number of benzene rings is 1. The van der Waals surface area contributed by atoms with Crippen molar-refractivity contribution < 1.29 is 14.3 Å². The third-order valence-corrected chi connectivity index (χ3v) is 6.47. The van der Waals surface area contributed by atoms with Crippen LogP contribution in [0, 0.1) is 11.8 Å². The molecular formula is C22H35ClN2O3. The molecule has 2 aliphatic heterocycles. The van der Waals surface area contributed by atoms with Crippen LogP contribution in [-0.4, -0.2) is 45.9 Å². The van der Waals surface area contributed by atoms with Gasteiger partial charge in [-0.25, -0.2) is 0 Å². The minimum absolute atomic E-state index is 0. The highest BCUT2D eigenvalue weighted by molar-refractivity contribution is 5.85. The van der Waals surface area contributed by atoms with Crippen LogP contribution in [0.5, 0.6) is 5.75 Å². The van der Waals surface area contributed by atoms with E-state index in [1.165, 1.54) is 18.4 Å². The zero-order chi connectivity index (χ0) is 19.1. The quantitative estimate of drug-likeness (QED) is 0.724. The van der Waals surface area contributed by atoms with Gasteiger partial charge in [-0.3, -0.25) is 4.79 Å². The van der Waals surface area contributed by atoms with Crippen LogP contribution in [0.1, 0.15) is 44.6 Å². The Hall–Kier alpha value is -1.30. The van der Waals surface area contributed by atoms with Gasteiger partial charge in [-0.05, 0) is 68.3 Å². The van der Waals surface area contributed by atoms with Gasteiger partial charge in [-0.2, -0.15) is 0 Å². The van der Waals surface area contributed by atoms with Gasteiger partial charge in [0, 0.05) is 31.6 Å². The molecule has 1 unspecified atom stereocenters. The predicted octanol–water partition coefficient (Wildman–Crippen LogP) is 3.31. The average Bonchev–Trinajstić information content (AvgIpc) is 2.73. The predicted molar refractivity (Wildman–Crippen MR) is 114 cm³/mol. The van der Waals surface area contributed by atoms with E-state index in [4.69, 9.17) is 9.47 Å². The van der Waals surface area contributed by atoms with E-state index >= 15 is 0 Å². The summed E-state index contributed by atoms with van der Waals surface area (Å²) < 4.78 is 10.9. The lowest BCUT2D eigenvalue weighted by atomic mass is 9.74. The molecule has 1 atom stereocenters. The highest BCUT2D eigenvalue weighted by atomic mass is 35.5. The first-order valence-corrected chi connectivity index (χ1v) is 10.3. The Bertz CT molecular complexity index is 596. The van der Waals surface area contributed by atoms with Crippen molar-refractivity contribution in [2.24, 2.45) is 11.8 Å². The second kappa shape index (κ2) is 11.0. The van der Waals surface area contributed by atoms with Gasteiger partial charge in [0.2, 0.25) is 5.91 Å². The lowest BCUT2D eigenvalue weighted by Crippen LogP contribution is -2.45. The fraction of sp³-hybridized carbons (Fsp3) is 0.682. The molecule has 0 aliphatic carbocycles. The molecule has 0 radical (unpaired) electrons. The van der Waals surface area contributed by atoms with Gasteiger partial charge in [-0.15, -0.1) is 12.4 Å². The smallest absolute Gasteiger partial charge is 0.220 e. The molecule has 2 heterocycles. The van der Waals surface area contributed by atoms with Gasteiger partial charge >= 0.3 is 0 Å². The number of methoxy groups -OCH3 is 1. The molecule has 2 N–H and O–H groups in total. The summed E-state index contributed by atoms with van der Waals surface area (Å²) in [6.07, 6.45) is 4.86. The number of ether oxygens (including phenoxy) is 2. The number of hydrogen-bond donors (Lipinski definition) is 2. The van der Waals surface area contributed by atoms with Crippen molar-refractivity contribution in [3.05, 3.63) is 29.8 Å². The molecule has 1 aromatic carbocycles. The van der Waals surface area contributed by atoms with Gasteiger partial charge in [0.15, 0.2) is 0 Å². The first kappa shape index (κ1) is 23.0. The van der Waals surface area contributed by atoms with Crippen LogP contribution < -0.4 is 15.4 Å². The number of rotatable bonds is 7. The first-order chi connectivity index (χ1) is 13.1. The second-order valence-corrected chi connectivity index (χ2v) is 8.17. The maximum atomic E-state index is 12.6. The van der Waals surface area contributed by atoms with Crippen molar-refractivity contribution in [3.8, 4) is 5.75 Å². The minimum Gasteiger partial charge on any atom is -0.497 e. The molecule has 1 amide bonds. The molecule has 158 valence electrons. The number of carbonyl (C=O) groups excluding carboxylic acids is 1. The molecule has 28 heavy (non-hydrogen) atoms. The molecule has 6 heteroatoms. The molecule has 3 rings (SSSR count). The largest absolute Gasteiger partial charge is 0.497 e. The zero-order valence-corrected chi connectivity index (χ0v) is 18.0. The van der Waals surface area contributed by atoms with Gasteiger partial charge in [0.1, 0.15) is 5.75 Å². The monoisotopic (exact) mass is 410 g/mol. The molecule has 0 spiro atoms. The third-order valence-electron chi connectivity index (χ3n) is 6.47. The Balaban J connectivity index is 0.00000280. The fourth-order valence-electron chi connectivity index (χ4n) is 4.49. The summed E-state index contributed by atoms with van der Waals surface area (Å²) in [5.41, 5.74) is 1.22. The highest BCUT2D eigenvalue weighted by Gasteiger charge is 2.35. The summed E-state index contributed by atoms with van der Waals surface area (Å²) in [6, 6.07) is 8.28. The van der Waals surface area contributed by atoms with Crippen LogP contribution in [0.15, 0.2) is 24.3 Å². The summed E-state index contributed by atoms with van der Waals surface area (Å²) in [7, 11) is 1.68. The molecule has 5 nitrogen and oxygen atoms in total. The fourth-order valence-corrected chi connectivity index (χ4v) is 4.49. The van der Waals surface area contributed by atoms with Crippen molar-refractivity contribution in [3.63, 3.8) is 0 Å². The second-order valence-electron chi connectivity index (χ2n) is 8.17. The van der Waals surface area contributed by atoms with Crippen LogP contribution in [0.2, 0.25) is 0 Å². The Labute approximate surface area is 175 Å². The summed E-state index contributed by atoms with van der Waals surface area (Å²) in [5.74, 6) is 2.15. The average molecular weight is 411 g/mol. The maximum Gasteiger partial charge on any atom is 0.220 e. The van der Waals surface area contributed by atoms with Crippen molar-refractivity contribution in [1.82, 2.24) is 10.6 Å². The lowest BCUT2D eigenvalue weighted by Gasteiger charge is -2.38. The van der Waals surface area contributed by atoms with Gasteiger partial charge in [-0.1, -0.05) is 19.1 Å². The van der Waals surface area contributed by atoms with Gasteiger partial charge in [0.25, 0.3) is 0 Å². The van der Waals surface area contributed by atoms with Crippen molar-refractivity contribution in [2.75, 3.05) is 40.0 Å². The van der Waals surface area contributed by atoms with E-state index in [2.05, 4.69) is 29.7 Å². The molecule has 0 saturated carbocycles. The van der Waals surface area contributed by atoms with Crippen LogP contribution in [0.4, 0.5) is 0 Å². The Morgan fingerprint density at radius 1 is 1.25 bits per heavy atom. The molecule has 2 aliphatic rings. The standard InChI is InChI=1S/C22H34N2O3.ClH/c1-17(18-7-11-23-12-8-18)15-21(25)24-16-22(9-13-27-14-10-22)19-3-5-20(26-2)6-4-19;/h3-6,17-18,23H,7-16H2,1-2H3,(H,24,25);1H. The number of halogens is 1. The van der Waals surface area contributed by atoms with Crippen LogP contribution >= 0.6 is 12.4 Å². The molecule has 2 saturated heterocycles. The van der Waals surface area contributed by atoms with E-state index in [0.717, 1.165) is 44.9 Å². The van der Waals surface area contributed by atoms with Crippen LogP contribution in [-0.2, 0) is 14.9 Å². The van der Waals surface area contributed by atoms with Crippen molar-refractivity contribution in [2.45, 2.75) is 44.4 Å². The third kappa shape index (κ3) is 5.85. The van der Waals surface area contributed by atoms with E-state index in [-0.39, 0.29) is 23.7 Å². The zero-order valence-electron chi connectivity index (χ0n) is 17.2. The molecule has 1 aromatic rings. The Morgan fingerprint density at radius 3 is 2.50 bits per heavy atom. The topological polar surface area (TPSA) is 59.6 Å². The molecular weight excluding hydrogens is 376 g/mol. The maximum absolute atomic E-state index is 12.6. The molecule has 2 fully saturated rings. The SMILES string of the molecule is COc1ccc(C2(CNC(=O)CC(C)C3CCNCC3)CCOCC2)cc1.Cl. The summed E-state index contributed by atoms with van der Waals surface area (Å²) in [6.45, 7) is 6.55. The van der Waals surface area contributed by atoms with E-state index < -0.39 is 0 Å². The normalized spacial score (nSPS) is 20.6. The van der Waals surface area contributed by atoms with Gasteiger partial charge in [0.05, 0.1) is 7.11 Å². The van der Waals surface area contributed by atoms with E-state index in [0.29, 0.717) is 24.8 Å². The molecule has 0 aromatic heterocycles. The summed E-state index contributed by atoms with van der Waals surface area (Å²) >= 11 is 0. The molecule has 0 bridgehead atoms. The van der Waals surface area contributed by atoms with Crippen molar-refractivity contribution >= 4 is 18.3 Å². The Kier molecular flexibility index (Phi) is 9.06. The van der Waals surface area contributed by atoms with Crippen LogP contribution in [0.3, 0.4) is 0 Å². The number of nitrogens with one attached hydrogen (secondary N) is 2. The summed E-state index contributed by atoms with van der Waals surface area (Å²) in [5, 5.41) is 6.65. The van der Waals surface area contributed by atoms with Gasteiger partial charge < -0.3 is 20.1 Å². The first-order valence-electron chi connectivity index (χ1n) is 10.3. The number of hydrogen-bond acceptors (Lipinski definition) is 4. The lowest BCUT2D eigenvalue weighted by molar-refractivity contribution is -0.122. The van der Waals surface area contributed by atoms with Crippen molar-refractivity contribution in [1.29, 1.82) is 0 Å². The number of piperidine rings is 1. The summed E-state index contributed by atoms with van der Waals surface area (Å²) in [4.78, 5) is 12.6.